The Labute approximate surface area is 185 Å². The number of likely N-dealkylation sites (N-methyl/N-ethyl adjacent to an activating group) is 1. The van der Waals surface area contributed by atoms with Crippen molar-refractivity contribution in [1.29, 1.82) is 0 Å². The van der Waals surface area contributed by atoms with Crippen LogP contribution in [0.25, 0.3) is 11.1 Å². The number of ether oxygens (including phenoxy) is 1. The minimum absolute atomic E-state index is 0.000631. The third kappa shape index (κ3) is 6.02. The lowest BCUT2D eigenvalue weighted by atomic mass is 10.0. The molecule has 172 valence electrons. The molecular formula is C24H27F3N2O3. The van der Waals surface area contributed by atoms with Gasteiger partial charge in [-0.25, -0.2) is 4.79 Å². The Morgan fingerprint density at radius 2 is 1.62 bits per heavy atom. The Balaban J connectivity index is 1.74. The number of hydrogen-bond donors (Lipinski definition) is 0. The minimum atomic E-state index is -4.39. The molecule has 1 aliphatic carbocycles. The number of nitrogens with zero attached hydrogens (tertiary/aromatic N) is 2. The lowest BCUT2D eigenvalue weighted by Crippen LogP contribution is -2.44. The predicted octanol–water partition coefficient (Wildman–Crippen LogP) is 5.73. The van der Waals surface area contributed by atoms with E-state index in [9.17, 15) is 22.8 Å². The molecule has 2 aromatic rings. The number of alkyl halides is 3. The standard InChI is InChI=1S/C24H27F3N2O3/c1-23(2,3)32-22(31)29(19-12-13-19)15-21(30)28(4)20-7-5-6-17(14-20)16-8-10-18(11-9-16)24(25,26)27/h5-11,14,19H,12-13,15H2,1-4H3. The molecule has 0 saturated heterocycles. The highest BCUT2D eigenvalue weighted by molar-refractivity contribution is 5.96. The monoisotopic (exact) mass is 448 g/mol. The molecule has 32 heavy (non-hydrogen) atoms. The third-order valence-electron chi connectivity index (χ3n) is 5.07. The van der Waals surface area contributed by atoms with E-state index >= 15 is 0 Å². The summed E-state index contributed by atoms with van der Waals surface area (Å²) >= 11 is 0. The Bertz CT molecular complexity index is 977. The van der Waals surface area contributed by atoms with Crippen LogP contribution in [0.5, 0.6) is 0 Å². The number of carbonyl (C=O) groups excluding carboxylic acids is 2. The maximum atomic E-state index is 12.9. The molecule has 3 rings (SSSR count). The molecule has 8 heteroatoms. The first-order valence-corrected chi connectivity index (χ1v) is 10.4. The summed E-state index contributed by atoms with van der Waals surface area (Å²) in [5, 5.41) is 0. The molecule has 0 radical (unpaired) electrons. The molecule has 0 bridgehead atoms. The van der Waals surface area contributed by atoms with Crippen molar-refractivity contribution in [2.24, 2.45) is 0 Å². The predicted molar refractivity (Wildman–Crippen MR) is 116 cm³/mol. The minimum Gasteiger partial charge on any atom is -0.444 e. The van der Waals surface area contributed by atoms with Crippen LogP contribution in [0.2, 0.25) is 0 Å². The van der Waals surface area contributed by atoms with Crippen molar-refractivity contribution in [3.05, 3.63) is 54.1 Å². The second kappa shape index (κ2) is 8.84. The fourth-order valence-corrected chi connectivity index (χ4v) is 3.19. The number of rotatable bonds is 5. The summed E-state index contributed by atoms with van der Waals surface area (Å²) < 4.78 is 43.9. The third-order valence-corrected chi connectivity index (χ3v) is 5.07. The quantitative estimate of drug-likeness (QED) is 0.587. The zero-order chi connectivity index (χ0) is 23.7. The summed E-state index contributed by atoms with van der Waals surface area (Å²) in [7, 11) is 1.61. The first kappa shape index (κ1) is 23.6. The van der Waals surface area contributed by atoms with Crippen molar-refractivity contribution >= 4 is 17.7 Å². The van der Waals surface area contributed by atoms with E-state index in [0.29, 0.717) is 16.8 Å². The van der Waals surface area contributed by atoms with Gasteiger partial charge in [-0.2, -0.15) is 13.2 Å². The highest BCUT2D eigenvalue weighted by Gasteiger charge is 2.37. The van der Waals surface area contributed by atoms with Crippen LogP contribution in [0.3, 0.4) is 0 Å². The van der Waals surface area contributed by atoms with Crippen molar-refractivity contribution in [2.75, 3.05) is 18.5 Å². The molecule has 0 N–H and O–H groups in total. The largest absolute Gasteiger partial charge is 0.444 e. The Hall–Kier alpha value is -3.03. The normalized spacial score (nSPS) is 14.1. The van der Waals surface area contributed by atoms with E-state index in [0.717, 1.165) is 25.0 Å². The summed E-state index contributed by atoms with van der Waals surface area (Å²) in [6, 6.07) is 11.8. The number of carbonyl (C=O) groups is 2. The maximum absolute atomic E-state index is 12.9. The zero-order valence-corrected chi connectivity index (χ0v) is 18.6. The molecule has 0 atom stereocenters. The van der Waals surface area contributed by atoms with E-state index in [-0.39, 0.29) is 18.5 Å². The summed E-state index contributed by atoms with van der Waals surface area (Å²) in [5.74, 6) is -0.285. The van der Waals surface area contributed by atoms with Gasteiger partial charge in [0.25, 0.3) is 0 Å². The number of amides is 2. The number of halogens is 3. The van der Waals surface area contributed by atoms with Gasteiger partial charge in [0, 0.05) is 18.8 Å². The number of hydrogen-bond acceptors (Lipinski definition) is 3. The summed E-state index contributed by atoms with van der Waals surface area (Å²) in [6.45, 7) is 5.21. The van der Waals surface area contributed by atoms with Gasteiger partial charge < -0.3 is 9.64 Å². The van der Waals surface area contributed by atoms with Gasteiger partial charge in [-0.1, -0.05) is 24.3 Å². The van der Waals surface area contributed by atoms with Crippen molar-refractivity contribution in [3.8, 4) is 11.1 Å². The van der Waals surface area contributed by atoms with Crippen molar-refractivity contribution in [2.45, 2.75) is 51.4 Å². The number of benzene rings is 2. The van der Waals surface area contributed by atoms with E-state index < -0.39 is 23.4 Å². The molecule has 2 amide bonds. The van der Waals surface area contributed by atoms with Gasteiger partial charge in [0.1, 0.15) is 12.1 Å². The average Bonchev–Trinajstić information content (AvgIpc) is 3.54. The van der Waals surface area contributed by atoms with Crippen LogP contribution >= 0.6 is 0 Å². The molecule has 1 aliphatic rings. The van der Waals surface area contributed by atoms with Gasteiger partial charge in [-0.05, 0) is 69.0 Å². The Morgan fingerprint density at radius 3 is 2.16 bits per heavy atom. The average molecular weight is 448 g/mol. The number of anilines is 1. The van der Waals surface area contributed by atoms with E-state index in [4.69, 9.17) is 4.74 Å². The fourth-order valence-electron chi connectivity index (χ4n) is 3.19. The highest BCUT2D eigenvalue weighted by atomic mass is 19.4. The van der Waals surface area contributed by atoms with Gasteiger partial charge in [0.2, 0.25) is 5.91 Å². The van der Waals surface area contributed by atoms with E-state index in [1.54, 1.807) is 52.1 Å². The van der Waals surface area contributed by atoms with Gasteiger partial charge in [-0.15, -0.1) is 0 Å². The lowest BCUT2D eigenvalue weighted by Gasteiger charge is -2.28. The van der Waals surface area contributed by atoms with Crippen LogP contribution in [-0.2, 0) is 15.7 Å². The molecule has 0 spiro atoms. The van der Waals surface area contributed by atoms with Crippen LogP contribution in [-0.4, -0.2) is 42.1 Å². The molecule has 5 nitrogen and oxygen atoms in total. The molecule has 0 unspecified atom stereocenters. The highest BCUT2D eigenvalue weighted by Crippen LogP contribution is 2.32. The summed E-state index contributed by atoms with van der Waals surface area (Å²) in [4.78, 5) is 28.3. The topological polar surface area (TPSA) is 49.9 Å². The second-order valence-electron chi connectivity index (χ2n) is 8.92. The van der Waals surface area contributed by atoms with Crippen LogP contribution < -0.4 is 4.90 Å². The van der Waals surface area contributed by atoms with Crippen molar-refractivity contribution in [3.63, 3.8) is 0 Å². The van der Waals surface area contributed by atoms with Crippen molar-refractivity contribution < 1.29 is 27.5 Å². The molecule has 0 aromatic heterocycles. The maximum Gasteiger partial charge on any atom is 0.416 e. The molecule has 1 saturated carbocycles. The Morgan fingerprint density at radius 1 is 1.00 bits per heavy atom. The first-order valence-electron chi connectivity index (χ1n) is 10.4. The van der Waals surface area contributed by atoms with Gasteiger partial charge in [0.05, 0.1) is 5.56 Å². The molecule has 0 heterocycles. The van der Waals surface area contributed by atoms with E-state index in [2.05, 4.69) is 0 Å². The summed E-state index contributed by atoms with van der Waals surface area (Å²) in [5.41, 5.74) is 0.491. The van der Waals surface area contributed by atoms with E-state index in [1.807, 2.05) is 0 Å². The zero-order valence-electron chi connectivity index (χ0n) is 18.6. The first-order chi connectivity index (χ1) is 14.8. The summed E-state index contributed by atoms with van der Waals surface area (Å²) in [6.07, 6.45) is -3.24. The van der Waals surface area contributed by atoms with Gasteiger partial charge >= 0.3 is 12.3 Å². The van der Waals surface area contributed by atoms with E-state index in [1.165, 1.54) is 21.9 Å². The van der Waals surface area contributed by atoms with Gasteiger partial charge in [-0.3, -0.25) is 9.69 Å². The fraction of sp³-hybridized carbons (Fsp3) is 0.417. The van der Waals surface area contributed by atoms with Crippen molar-refractivity contribution in [1.82, 2.24) is 4.90 Å². The van der Waals surface area contributed by atoms with Crippen LogP contribution in [0, 0.1) is 0 Å². The van der Waals surface area contributed by atoms with Crippen LogP contribution in [0.4, 0.5) is 23.7 Å². The molecular weight excluding hydrogens is 421 g/mol. The molecule has 2 aromatic carbocycles. The SMILES string of the molecule is CN(C(=O)CN(C(=O)OC(C)(C)C)C1CC1)c1cccc(-c2ccc(C(F)(F)F)cc2)c1. The molecule has 0 aliphatic heterocycles. The second-order valence-corrected chi connectivity index (χ2v) is 8.92. The van der Waals surface area contributed by atoms with Crippen LogP contribution in [0.15, 0.2) is 48.5 Å². The smallest absolute Gasteiger partial charge is 0.416 e. The Kier molecular flexibility index (Phi) is 6.53. The molecule has 1 fully saturated rings. The van der Waals surface area contributed by atoms with Crippen LogP contribution in [0.1, 0.15) is 39.2 Å². The lowest BCUT2D eigenvalue weighted by molar-refractivity contribution is -0.137. The van der Waals surface area contributed by atoms with Gasteiger partial charge in [0.15, 0.2) is 0 Å².